The molecule has 0 radical (unpaired) electrons. The lowest BCUT2D eigenvalue weighted by Crippen LogP contribution is -2.44. The van der Waals surface area contributed by atoms with Crippen LogP contribution in [0.4, 0.5) is 0 Å². The second kappa shape index (κ2) is 7.04. The van der Waals surface area contributed by atoms with Crippen molar-refractivity contribution in [2.75, 3.05) is 13.1 Å². The Morgan fingerprint density at radius 3 is 2.83 bits per heavy atom. The summed E-state index contributed by atoms with van der Waals surface area (Å²) in [6, 6.07) is 2.93. The van der Waals surface area contributed by atoms with E-state index >= 15 is 0 Å². The Kier molecular flexibility index (Phi) is 5.67. The summed E-state index contributed by atoms with van der Waals surface area (Å²) in [7, 11) is 0. The Balaban J connectivity index is 2.02. The van der Waals surface area contributed by atoms with E-state index in [9.17, 15) is 0 Å². The number of hydrogen-bond donors (Lipinski definition) is 1. The van der Waals surface area contributed by atoms with Crippen LogP contribution in [-0.2, 0) is 6.54 Å². The number of hydrogen-bond acceptors (Lipinski definition) is 3. The Hall–Kier alpha value is 0.1000. The zero-order valence-electron chi connectivity index (χ0n) is 11.1. The van der Waals surface area contributed by atoms with Gasteiger partial charge >= 0.3 is 0 Å². The van der Waals surface area contributed by atoms with Crippen LogP contribution in [-0.4, -0.2) is 24.0 Å². The van der Waals surface area contributed by atoms with E-state index < -0.39 is 0 Å². The minimum absolute atomic E-state index is 0.687. The first kappa shape index (κ1) is 14.5. The molecule has 2 atom stereocenters. The fourth-order valence-corrected chi connectivity index (χ4v) is 4.27. The van der Waals surface area contributed by atoms with Gasteiger partial charge in [-0.3, -0.25) is 4.90 Å². The van der Waals surface area contributed by atoms with Gasteiger partial charge in [0.15, 0.2) is 0 Å². The fourth-order valence-electron chi connectivity index (χ4n) is 3.07. The number of rotatable bonds is 5. The van der Waals surface area contributed by atoms with Gasteiger partial charge in [-0.05, 0) is 64.8 Å². The summed E-state index contributed by atoms with van der Waals surface area (Å²) in [5.74, 6) is 0.695. The van der Waals surface area contributed by atoms with Gasteiger partial charge in [-0.15, -0.1) is 11.3 Å². The van der Waals surface area contributed by atoms with E-state index in [0.717, 1.165) is 19.6 Å². The fraction of sp³-hybridized carbons (Fsp3) is 0.714. The zero-order chi connectivity index (χ0) is 13.0. The summed E-state index contributed by atoms with van der Waals surface area (Å²) in [5.41, 5.74) is 7.38. The molecule has 2 nitrogen and oxygen atoms in total. The van der Waals surface area contributed by atoms with E-state index in [1.165, 1.54) is 35.0 Å². The van der Waals surface area contributed by atoms with Crippen molar-refractivity contribution < 1.29 is 0 Å². The molecule has 0 aliphatic heterocycles. The van der Waals surface area contributed by atoms with Crippen molar-refractivity contribution >= 4 is 27.3 Å². The van der Waals surface area contributed by atoms with Crippen molar-refractivity contribution in [3.8, 4) is 0 Å². The monoisotopic (exact) mass is 330 g/mol. The molecule has 0 amide bonds. The van der Waals surface area contributed by atoms with Crippen LogP contribution in [0.1, 0.15) is 38.2 Å². The smallest absolute Gasteiger partial charge is 0.0701 e. The summed E-state index contributed by atoms with van der Waals surface area (Å²) in [4.78, 5) is 2.62. The van der Waals surface area contributed by atoms with Gasteiger partial charge in [0.05, 0.1) is 3.79 Å². The van der Waals surface area contributed by atoms with Crippen LogP contribution < -0.4 is 5.73 Å². The van der Waals surface area contributed by atoms with Crippen molar-refractivity contribution in [1.82, 2.24) is 4.90 Å². The van der Waals surface area contributed by atoms with Crippen LogP contribution in [0.5, 0.6) is 0 Å². The van der Waals surface area contributed by atoms with Crippen LogP contribution in [0.2, 0.25) is 0 Å². The molecular weight excluding hydrogens is 308 g/mol. The summed E-state index contributed by atoms with van der Waals surface area (Å²) < 4.78 is 1.23. The van der Waals surface area contributed by atoms with E-state index in [4.69, 9.17) is 5.73 Å². The predicted molar refractivity (Wildman–Crippen MR) is 82.9 cm³/mol. The zero-order valence-corrected chi connectivity index (χ0v) is 13.5. The highest BCUT2D eigenvalue weighted by atomic mass is 79.9. The van der Waals surface area contributed by atoms with Crippen molar-refractivity contribution in [2.24, 2.45) is 11.7 Å². The SMILES string of the molecule is CCN(Cc1csc(Br)c1)C1CCCCC1CN. The van der Waals surface area contributed by atoms with Gasteiger partial charge in [0.1, 0.15) is 0 Å². The Bertz CT molecular complexity index is 366. The molecule has 102 valence electrons. The van der Waals surface area contributed by atoms with E-state index in [1.54, 1.807) is 11.3 Å². The maximum Gasteiger partial charge on any atom is 0.0701 e. The summed E-state index contributed by atoms with van der Waals surface area (Å²) >= 11 is 5.32. The standard InChI is InChI=1S/C14H23BrN2S/c1-2-17(9-11-7-14(15)18-10-11)13-6-4-3-5-12(13)8-16/h7,10,12-13H,2-6,8-9,16H2,1H3. The molecule has 2 unspecified atom stereocenters. The third-order valence-corrected chi connectivity index (χ3v) is 5.61. The largest absolute Gasteiger partial charge is 0.330 e. The van der Waals surface area contributed by atoms with Gasteiger partial charge in [-0.2, -0.15) is 0 Å². The molecule has 0 spiro atoms. The number of nitrogens with two attached hydrogens (primary N) is 1. The summed E-state index contributed by atoms with van der Waals surface area (Å²) in [6.07, 6.45) is 5.36. The van der Waals surface area contributed by atoms with Gasteiger partial charge < -0.3 is 5.73 Å². The molecule has 18 heavy (non-hydrogen) atoms. The Morgan fingerprint density at radius 1 is 1.44 bits per heavy atom. The molecule has 2 N–H and O–H groups in total. The maximum atomic E-state index is 5.95. The quantitative estimate of drug-likeness (QED) is 0.888. The average Bonchev–Trinajstić information content (AvgIpc) is 2.81. The first-order chi connectivity index (χ1) is 8.74. The number of halogens is 1. The van der Waals surface area contributed by atoms with Gasteiger partial charge in [0.25, 0.3) is 0 Å². The minimum Gasteiger partial charge on any atom is -0.330 e. The predicted octanol–water partition coefficient (Wildman–Crippen LogP) is 3.85. The van der Waals surface area contributed by atoms with Crippen LogP contribution >= 0.6 is 27.3 Å². The third kappa shape index (κ3) is 3.56. The molecular formula is C14H23BrN2S. The second-order valence-electron chi connectivity index (χ2n) is 5.17. The highest BCUT2D eigenvalue weighted by molar-refractivity contribution is 9.11. The Morgan fingerprint density at radius 2 is 2.22 bits per heavy atom. The van der Waals surface area contributed by atoms with Crippen LogP contribution in [0.15, 0.2) is 15.2 Å². The number of nitrogens with zero attached hydrogens (tertiary/aromatic N) is 1. The molecule has 1 aromatic heterocycles. The van der Waals surface area contributed by atoms with Crippen molar-refractivity contribution in [2.45, 2.75) is 45.2 Å². The Labute approximate surface area is 123 Å². The van der Waals surface area contributed by atoms with Crippen molar-refractivity contribution in [3.63, 3.8) is 0 Å². The van der Waals surface area contributed by atoms with E-state index in [0.29, 0.717) is 12.0 Å². The third-order valence-electron chi connectivity index (χ3n) is 4.05. The summed E-state index contributed by atoms with van der Waals surface area (Å²) in [5, 5.41) is 2.26. The van der Waals surface area contributed by atoms with E-state index in [-0.39, 0.29) is 0 Å². The molecule has 1 fully saturated rings. The van der Waals surface area contributed by atoms with Crippen molar-refractivity contribution in [1.29, 1.82) is 0 Å². The van der Waals surface area contributed by atoms with Gasteiger partial charge in [-0.25, -0.2) is 0 Å². The lowest BCUT2D eigenvalue weighted by Gasteiger charge is -2.39. The number of thiophene rings is 1. The minimum atomic E-state index is 0.687. The topological polar surface area (TPSA) is 29.3 Å². The van der Waals surface area contributed by atoms with E-state index in [2.05, 4.69) is 39.2 Å². The van der Waals surface area contributed by atoms with Crippen LogP contribution in [0, 0.1) is 5.92 Å². The maximum absolute atomic E-state index is 5.95. The molecule has 1 heterocycles. The van der Waals surface area contributed by atoms with Gasteiger partial charge in [0, 0.05) is 12.6 Å². The molecule has 0 aromatic carbocycles. The molecule has 2 rings (SSSR count). The van der Waals surface area contributed by atoms with Crippen LogP contribution in [0.3, 0.4) is 0 Å². The molecule has 1 aliphatic carbocycles. The first-order valence-electron chi connectivity index (χ1n) is 6.91. The molecule has 0 bridgehead atoms. The molecule has 1 aliphatic rings. The molecule has 0 saturated heterocycles. The van der Waals surface area contributed by atoms with Crippen LogP contribution in [0.25, 0.3) is 0 Å². The highest BCUT2D eigenvalue weighted by Gasteiger charge is 2.28. The van der Waals surface area contributed by atoms with E-state index in [1.807, 2.05) is 0 Å². The van der Waals surface area contributed by atoms with Gasteiger partial charge in [0.2, 0.25) is 0 Å². The lowest BCUT2D eigenvalue weighted by atomic mass is 9.83. The summed E-state index contributed by atoms with van der Waals surface area (Å²) in [6.45, 7) is 5.30. The normalized spacial score (nSPS) is 24.7. The lowest BCUT2D eigenvalue weighted by molar-refractivity contribution is 0.106. The molecule has 1 aromatic rings. The molecule has 1 saturated carbocycles. The van der Waals surface area contributed by atoms with Crippen molar-refractivity contribution in [3.05, 3.63) is 20.8 Å². The second-order valence-corrected chi connectivity index (χ2v) is 7.46. The average molecular weight is 331 g/mol. The highest BCUT2D eigenvalue weighted by Crippen LogP contribution is 2.30. The first-order valence-corrected chi connectivity index (χ1v) is 8.59. The van der Waals surface area contributed by atoms with Gasteiger partial charge in [-0.1, -0.05) is 19.8 Å². The molecule has 4 heteroatoms.